The van der Waals surface area contributed by atoms with Crippen LogP contribution in [0.2, 0.25) is 0 Å². The molecule has 1 saturated heterocycles. The van der Waals surface area contributed by atoms with Gasteiger partial charge < -0.3 is 9.47 Å². The van der Waals surface area contributed by atoms with Gasteiger partial charge in [-0.1, -0.05) is 30.3 Å². The first-order valence-electron chi connectivity index (χ1n) is 6.25. The summed E-state index contributed by atoms with van der Waals surface area (Å²) in [4.78, 5) is 13.8. The van der Waals surface area contributed by atoms with E-state index in [-0.39, 0.29) is 24.4 Å². The van der Waals surface area contributed by atoms with Crippen molar-refractivity contribution in [3.63, 3.8) is 0 Å². The van der Waals surface area contributed by atoms with E-state index in [1.807, 2.05) is 18.2 Å². The molecule has 1 heterocycles. The van der Waals surface area contributed by atoms with Gasteiger partial charge in [0.25, 0.3) is 0 Å². The third kappa shape index (κ3) is 4.49. The lowest BCUT2D eigenvalue weighted by Gasteiger charge is -2.34. The van der Waals surface area contributed by atoms with Gasteiger partial charge in [0.2, 0.25) is 0 Å². The minimum absolute atomic E-state index is 0. The number of nitrogens with zero attached hydrogens (tertiary/aromatic N) is 1. The van der Waals surface area contributed by atoms with Gasteiger partial charge in [0.1, 0.15) is 0 Å². The number of benzene rings is 1. The van der Waals surface area contributed by atoms with Crippen molar-refractivity contribution in [1.29, 1.82) is 0 Å². The number of rotatable bonds is 4. The number of methoxy groups -OCH3 is 1. The van der Waals surface area contributed by atoms with E-state index in [2.05, 4.69) is 17.0 Å². The highest BCUT2D eigenvalue weighted by Gasteiger charge is 2.25. The third-order valence-electron chi connectivity index (χ3n) is 3.26. The van der Waals surface area contributed by atoms with Crippen LogP contribution in [0.15, 0.2) is 30.3 Å². The minimum atomic E-state index is -0.171. The zero-order valence-electron chi connectivity index (χ0n) is 11.1. The summed E-state index contributed by atoms with van der Waals surface area (Å²) in [6, 6.07) is 10.2. The second-order valence-electron chi connectivity index (χ2n) is 4.36. The van der Waals surface area contributed by atoms with Crippen LogP contribution in [-0.4, -0.2) is 44.3 Å². The maximum absolute atomic E-state index is 11.6. The molecular formula is C14H20ClNO3. The number of hydrogen-bond acceptors (Lipinski definition) is 4. The van der Waals surface area contributed by atoms with E-state index in [0.29, 0.717) is 6.42 Å². The Labute approximate surface area is 120 Å². The molecule has 0 aromatic heterocycles. The number of halogens is 1. The molecular weight excluding hydrogens is 266 g/mol. The summed E-state index contributed by atoms with van der Waals surface area (Å²) in [5.41, 5.74) is 1.16. The number of esters is 1. The average molecular weight is 286 g/mol. The van der Waals surface area contributed by atoms with E-state index in [1.165, 1.54) is 7.11 Å². The normalized spacial score (nSPS) is 17.3. The van der Waals surface area contributed by atoms with Crippen molar-refractivity contribution in [2.75, 3.05) is 33.4 Å². The molecule has 0 bridgehead atoms. The fraction of sp³-hybridized carbons (Fsp3) is 0.500. The molecule has 19 heavy (non-hydrogen) atoms. The summed E-state index contributed by atoms with van der Waals surface area (Å²) in [6.07, 6.45) is 0.389. The lowest BCUT2D eigenvalue weighted by molar-refractivity contribution is -0.142. The number of ether oxygens (including phenoxy) is 2. The van der Waals surface area contributed by atoms with Gasteiger partial charge >= 0.3 is 5.97 Å². The number of carbonyl (C=O) groups is 1. The van der Waals surface area contributed by atoms with Gasteiger partial charge in [-0.05, 0) is 5.56 Å². The zero-order chi connectivity index (χ0) is 12.8. The van der Waals surface area contributed by atoms with Crippen LogP contribution in [0.5, 0.6) is 0 Å². The maximum atomic E-state index is 11.6. The Balaban J connectivity index is 0.00000180. The fourth-order valence-corrected chi connectivity index (χ4v) is 2.26. The molecule has 4 nitrogen and oxygen atoms in total. The molecule has 0 aliphatic carbocycles. The van der Waals surface area contributed by atoms with Gasteiger partial charge in [0, 0.05) is 19.1 Å². The molecule has 0 spiro atoms. The molecule has 1 aromatic carbocycles. The molecule has 0 amide bonds. The van der Waals surface area contributed by atoms with Crippen LogP contribution in [-0.2, 0) is 14.3 Å². The van der Waals surface area contributed by atoms with E-state index in [9.17, 15) is 4.79 Å². The highest BCUT2D eigenvalue weighted by atomic mass is 35.5. The van der Waals surface area contributed by atoms with Crippen molar-refractivity contribution in [3.05, 3.63) is 35.9 Å². The molecule has 1 aliphatic heterocycles. The maximum Gasteiger partial charge on any atom is 0.307 e. The van der Waals surface area contributed by atoms with E-state index in [0.717, 1.165) is 31.9 Å². The summed E-state index contributed by atoms with van der Waals surface area (Å²) in [5, 5.41) is 0. The number of morpholine rings is 1. The highest BCUT2D eigenvalue weighted by Crippen LogP contribution is 2.25. The molecule has 0 radical (unpaired) electrons. The molecule has 0 saturated carbocycles. The van der Waals surface area contributed by atoms with Crippen LogP contribution in [0, 0.1) is 0 Å². The summed E-state index contributed by atoms with van der Waals surface area (Å²) in [6.45, 7) is 3.17. The Bertz CT molecular complexity index is 380. The quantitative estimate of drug-likeness (QED) is 0.794. The van der Waals surface area contributed by atoms with E-state index in [4.69, 9.17) is 9.47 Å². The van der Waals surface area contributed by atoms with Crippen molar-refractivity contribution in [3.8, 4) is 0 Å². The average Bonchev–Trinajstić information content (AvgIpc) is 2.46. The molecule has 2 rings (SSSR count). The topological polar surface area (TPSA) is 38.8 Å². The van der Waals surface area contributed by atoms with Gasteiger partial charge in [-0.3, -0.25) is 9.69 Å². The first-order chi connectivity index (χ1) is 8.81. The van der Waals surface area contributed by atoms with Crippen molar-refractivity contribution < 1.29 is 14.3 Å². The zero-order valence-corrected chi connectivity index (χ0v) is 11.9. The van der Waals surface area contributed by atoms with Crippen LogP contribution in [0.1, 0.15) is 18.0 Å². The SMILES string of the molecule is COC(=O)CC(c1ccccc1)N1CCOCC1.Cl. The summed E-state index contributed by atoms with van der Waals surface area (Å²) >= 11 is 0. The Morgan fingerprint density at radius 1 is 1.32 bits per heavy atom. The largest absolute Gasteiger partial charge is 0.469 e. The van der Waals surface area contributed by atoms with Gasteiger partial charge in [-0.25, -0.2) is 0 Å². The predicted molar refractivity (Wildman–Crippen MR) is 75.5 cm³/mol. The third-order valence-corrected chi connectivity index (χ3v) is 3.26. The number of carbonyl (C=O) groups excluding carboxylic acids is 1. The first-order valence-corrected chi connectivity index (χ1v) is 6.25. The van der Waals surface area contributed by atoms with Crippen LogP contribution in [0.25, 0.3) is 0 Å². The standard InChI is InChI=1S/C14H19NO3.ClH/c1-17-14(16)11-13(12-5-3-2-4-6-12)15-7-9-18-10-8-15;/h2-6,13H,7-11H2,1H3;1H. The summed E-state index contributed by atoms with van der Waals surface area (Å²) < 4.78 is 10.2. The predicted octanol–water partition coefficient (Wildman–Crippen LogP) is 2.04. The van der Waals surface area contributed by atoms with Gasteiger partial charge in [-0.2, -0.15) is 0 Å². The Morgan fingerprint density at radius 3 is 2.53 bits per heavy atom. The van der Waals surface area contributed by atoms with Crippen molar-refractivity contribution >= 4 is 18.4 Å². The molecule has 1 aliphatic rings. The van der Waals surface area contributed by atoms with Crippen LogP contribution >= 0.6 is 12.4 Å². The Hall–Kier alpha value is -1.10. The van der Waals surface area contributed by atoms with Crippen LogP contribution < -0.4 is 0 Å². The Morgan fingerprint density at radius 2 is 1.95 bits per heavy atom. The monoisotopic (exact) mass is 285 g/mol. The second kappa shape index (κ2) is 8.15. The molecule has 1 atom stereocenters. The summed E-state index contributed by atoms with van der Waals surface area (Å²) in [7, 11) is 1.43. The van der Waals surface area contributed by atoms with E-state index < -0.39 is 0 Å². The van der Waals surface area contributed by atoms with Gasteiger partial charge in [0.05, 0.1) is 26.7 Å². The highest BCUT2D eigenvalue weighted by molar-refractivity contribution is 5.85. The van der Waals surface area contributed by atoms with Crippen LogP contribution in [0.3, 0.4) is 0 Å². The van der Waals surface area contributed by atoms with Crippen molar-refractivity contribution in [2.45, 2.75) is 12.5 Å². The molecule has 5 heteroatoms. The smallest absolute Gasteiger partial charge is 0.307 e. The minimum Gasteiger partial charge on any atom is -0.469 e. The lowest BCUT2D eigenvalue weighted by Crippen LogP contribution is -2.40. The lowest BCUT2D eigenvalue weighted by atomic mass is 10.0. The van der Waals surface area contributed by atoms with Crippen molar-refractivity contribution in [2.24, 2.45) is 0 Å². The number of hydrogen-bond donors (Lipinski definition) is 0. The second-order valence-corrected chi connectivity index (χ2v) is 4.36. The molecule has 0 N–H and O–H groups in total. The Kier molecular flexibility index (Phi) is 6.84. The molecule has 1 fully saturated rings. The van der Waals surface area contributed by atoms with Gasteiger partial charge in [0.15, 0.2) is 0 Å². The molecule has 1 aromatic rings. The van der Waals surface area contributed by atoms with Gasteiger partial charge in [-0.15, -0.1) is 12.4 Å². The molecule has 1 unspecified atom stereocenters. The van der Waals surface area contributed by atoms with Crippen LogP contribution in [0.4, 0.5) is 0 Å². The first kappa shape index (κ1) is 16.0. The summed E-state index contributed by atoms with van der Waals surface area (Å²) in [5.74, 6) is -0.171. The molecule has 106 valence electrons. The van der Waals surface area contributed by atoms with E-state index >= 15 is 0 Å². The van der Waals surface area contributed by atoms with Crippen molar-refractivity contribution in [1.82, 2.24) is 4.90 Å². The van der Waals surface area contributed by atoms with E-state index in [1.54, 1.807) is 0 Å². The fourth-order valence-electron chi connectivity index (χ4n) is 2.26.